The number of amides is 1. The van der Waals surface area contributed by atoms with Gasteiger partial charge < -0.3 is 15.3 Å². The van der Waals surface area contributed by atoms with Crippen LogP contribution in [0.15, 0.2) is 146 Å². The molecule has 0 atom stereocenters. The lowest BCUT2D eigenvalue weighted by atomic mass is 9.99. The number of H-pyrrole nitrogens is 2. The van der Waals surface area contributed by atoms with Crippen molar-refractivity contribution in [3.05, 3.63) is 191 Å². The van der Waals surface area contributed by atoms with Crippen LogP contribution in [0.4, 0.5) is 5.69 Å². The molecule has 0 unspecified atom stereocenters. The zero-order chi connectivity index (χ0) is 49.2. The Bertz CT molecular complexity index is 3410. The summed E-state index contributed by atoms with van der Waals surface area (Å²) >= 11 is 0. The Kier molecular flexibility index (Phi) is 14.9. The van der Waals surface area contributed by atoms with Crippen molar-refractivity contribution in [2.24, 2.45) is 0 Å². The number of hydrogen-bond donors (Lipinski definition) is 3. The molecule has 3 N–H and O–H groups in total. The molecule has 360 valence electrons. The number of hydrogen-bond acceptors (Lipinski definition) is 4. The van der Waals surface area contributed by atoms with Crippen LogP contribution < -0.4 is 5.32 Å². The van der Waals surface area contributed by atoms with Gasteiger partial charge in [0, 0.05) is 68.0 Å². The Morgan fingerprint density at radius 1 is 0.431 bits per heavy atom. The first-order valence-electron chi connectivity index (χ1n) is 26.2. The maximum atomic E-state index is 13.5. The summed E-state index contributed by atoms with van der Waals surface area (Å²) in [6.07, 6.45) is 25.6. The van der Waals surface area contributed by atoms with Gasteiger partial charge in [-0.1, -0.05) is 144 Å². The number of carbonyl (C=O) groups is 1. The average Bonchev–Trinajstić information content (AvgIpc) is 4.26. The molecule has 0 saturated heterocycles. The fourth-order valence-electron chi connectivity index (χ4n) is 10.3. The fraction of sp³-hybridized carbons (Fsp3) is 0.231. The van der Waals surface area contributed by atoms with Crippen LogP contribution in [-0.4, -0.2) is 30.8 Å². The van der Waals surface area contributed by atoms with Gasteiger partial charge >= 0.3 is 0 Å². The van der Waals surface area contributed by atoms with Crippen molar-refractivity contribution in [1.82, 2.24) is 24.9 Å². The molecule has 8 bridgehead atoms. The summed E-state index contributed by atoms with van der Waals surface area (Å²) in [5, 5.41) is 3.14. The van der Waals surface area contributed by atoms with Crippen molar-refractivity contribution in [1.29, 1.82) is 0 Å². The molecule has 1 amide bonds. The van der Waals surface area contributed by atoms with Crippen molar-refractivity contribution in [2.75, 3.05) is 5.32 Å². The standard InChI is InChI=1S/C65H64N6O/c1-4-7-10-17-44-20-13-23-48(40-44)61-53-28-30-55(68-53)62(49-24-14-21-45(41-49)18-11-8-5-2)57-32-34-59(70-57)64(51-26-16-27-52(43-51)67-65(72)47-36-38-66-39-37-47)60-35-33-58(71-60)63(56-31-29-54(61)69-56)50-25-15-22-46(42-50)19-12-9-6-3/h13-16,20-43,68,71H,4-12,17-19H2,1-3H3,(H,67,72). The number of pyridine rings is 1. The van der Waals surface area contributed by atoms with E-state index in [-0.39, 0.29) is 5.91 Å². The topological polar surface area (TPSA) is 99.3 Å². The van der Waals surface area contributed by atoms with Gasteiger partial charge in [0.1, 0.15) is 0 Å². The molecule has 7 heteroatoms. The smallest absolute Gasteiger partial charge is 0.255 e. The van der Waals surface area contributed by atoms with E-state index in [1.807, 2.05) is 18.2 Å². The number of anilines is 1. The minimum Gasteiger partial charge on any atom is -0.354 e. The van der Waals surface area contributed by atoms with E-state index in [4.69, 9.17) is 9.97 Å². The van der Waals surface area contributed by atoms with Crippen molar-refractivity contribution in [2.45, 2.75) is 97.8 Å². The molecular weight excluding hydrogens is 881 g/mol. The number of nitrogens with zero attached hydrogens (tertiary/aromatic N) is 3. The van der Waals surface area contributed by atoms with Crippen molar-refractivity contribution in [3.8, 4) is 44.5 Å². The summed E-state index contributed by atoms with van der Waals surface area (Å²) in [6.45, 7) is 6.77. The van der Waals surface area contributed by atoms with E-state index in [2.05, 4.69) is 168 Å². The summed E-state index contributed by atoms with van der Waals surface area (Å²) in [5.41, 5.74) is 20.8. The summed E-state index contributed by atoms with van der Waals surface area (Å²) in [5.74, 6) is -0.201. The third kappa shape index (κ3) is 10.7. The molecular formula is C65H64N6O. The number of rotatable bonds is 18. The first-order valence-corrected chi connectivity index (χ1v) is 26.2. The lowest BCUT2D eigenvalue weighted by Crippen LogP contribution is -2.11. The highest BCUT2D eigenvalue weighted by atomic mass is 16.1. The molecule has 0 fully saturated rings. The van der Waals surface area contributed by atoms with Gasteiger partial charge in [-0.15, -0.1) is 0 Å². The third-order valence-electron chi connectivity index (χ3n) is 14.0. The van der Waals surface area contributed by atoms with E-state index in [1.165, 1.54) is 55.2 Å². The zero-order valence-electron chi connectivity index (χ0n) is 41.9. The number of aromatic amines is 2. The zero-order valence-corrected chi connectivity index (χ0v) is 41.9. The van der Waals surface area contributed by atoms with Gasteiger partial charge in [0.05, 0.1) is 22.8 Å². The maximum absolute atomic E-state index is 13.5. The number of benzene rings is 4. The molecule has 8 aromatic rings. The minimum atomic E-state index is -0.201. The molecule has 0 spiro atoms. The number of aryl methyl sites for hydroxylation is 3. The predicted octanol–water partition coefficient (Wildman–Crippen LogP) is 17.2. The lowest BCUT2D eigenvalue weighted by molar-refractivity contribution is 0.102. The second kappa shape index (κ2) is 22.5. The van der Waals surface area contributed by atoms with Crippen LogP contribution in [0.2, 0.25) is 0 Å². The molecule has 4 aromatic carbocycles. The second-order valence-electron chi connectivity index (χ2n) is 19.2. The summed E-state index contributed by atoms with van der Waals surface area (Å²) in [4.78, 5) is 36.7. The van der Waals surface area contributed by atoms with Crippen molar-refractivity contribution < 1.29 is 4.79 Å². The van der Waals surface area contributed by atoms with Crippen LogP contribution in [0.1, 0.15) is 128 Å². The molecule has 10 rings (SSSR count). The van der Waals surface area contributed by atoms with E-state index in [0.29, 0.717) is 11.3 Å². The molecule has 0 radical (unpaired) electrons. The summed E-state index contributed by atoms with van der Waals surface area (Å²) in [6, 6.07) is 47.4. The molecule has 72 heavy (non-hydrogen) atoms. The van der Waals surface area contributed by atoms with E-state index in [0.717, 1.165) is 128 Å². The highest BCUT2D eigenvalue weighted by molar-refractivity contribution is 6.05. The largest absolute Gasteiger partial charge is 0.354 e. The third-order valence-corrected chi connectivity index (χ3v) is 14.0. The Labute approximate surface area is 424 Å². The van der Waals surface area contributed by atoms with E-state index >= 15 is 0 Å². The Hall–Kier alpha value is -7.90. The van der Waals surface area contributed by atoms with Crippen molar-refractivity contribution >= 4 is 58.0 Å². The van der Waals surface area contributed by atoms with Crippen molar-refractivity contribution in [3.63, 3.8) is 0 Å². The van der Waals surface area contributed by atoms with Crippen LogP contribution in [-0.2, 0) is 19.3 Å². The first kappa shape index (κ1) is 47.8. The van der Waals surface area contributed by atoms with Crippen LogP contribution in [0.5, 0.6) is 0 Å². The molecule has 2 aliphatic rings. The van der Waals surface area contributed by atoms with Gasteiger partial charge in [0.15, 0.2) is 0 Å². The highest BCUT2D eigenvalue weighted by Crippen LogP contribution is 2.39. The van der Waals surface area contributed by atoms with Crippen LogP contribution in [0.25, 0.3) is 90.9 Å². The molecule has 2 aliphatic heterocycles. The highest BCUT2D eigenvalue weighted by Gasteiger charge is 2.20. The van der Waals surface area contributed by atoms with Crippen LogP contribution in [0.3, 0.4) is 0 Å². The Balaban J connectivity index is 1.27. The van der Waals surface area contributed by atoms with Crippen LogP contribution >= 0.6 is 0 Å². The number of nitrogens with one attached hydrogen (secondary N) is 3. The minimum absolute atomic E-state index is 0.201. The Morgan fingerprint density at radius 2 is 0.792 bits per heavy atom. The van der Waals surface area contributed by atoms with Gasteiger partial charge in [-0.05, 0) is 150 Å². The number of fused-ring (bicyclic) bond motifs is 8. The maximum Gasteiger partial charge on any atom is 0.255 e. The van der Waals surface area contributed by atoms with Crippen LogP contribution in [0, 0.1) is 0 Å². The normalized spacial score (nSPS) is 11.9. The summed E-state index contributed by atoms with van der Waals surface area (Å²) < 4.78 is 0. The summed E-state index contributed by atoms with van der Waals surface area (Å²) in [7, 11) is 0. The lowest BCUT2D eigenvalue weighted by Gasteiger charge is -2.10. The molecule has 6 heterocycles. The predicted molar refractivity (Wildman–Crippen MR) is 302 cm³/mol. The molecule has 7 nitrogen and oxygen atoms in total. The van der Waals surface area contributed by atoms with Gasteiger partial charge in [0.2, 0.25) is 0 Å². The Morgan fingerprint density at radius 3 is 1.17 bits per heavy atom. The average molecular weight is 945 g/mol. The fourth-order valence-corrected chi connectivity index (χ4v) is 10.3. The van der Waals surface area contributed by atoms with Gasteiger partial charge in [0.25, 0.3) is 5.91 Å². The number of carbonyl (C=O) groups excluding carboxylic acids is 1. The SMILES string of the molecule is CCCCCc1cccc(-c2c3nc(c(-c4cccc(CCCCC)c4)c4ccc([nH]4)c(-c4cccc(NC(=O)c5ccncc5)c4)c4nc(c(-c5cccc(CCCCC)c5)c5ccc2[nH]5)C=C4)C=C3)c1. The molecule has 0 aliphatic carbocycles. The first-order chi connectivity index (χ1) is 35.5. The quantitative estimate of drug-likeness (QED) is 0.0746. The van der Waals surface area contributed by atoms with E-state index < -0.39 is 0 Å². The van der Waals surface area contributed by atoms with Gasteiger partial charge in [-0.25, -0.2) is 9.97 Å². The molecule has 4 aromatic heterocycles. The van der Waals surface area contributed by atoms with Gasteiger partial charge in [-0.2, -0.15) is 0 Å². The molecule has 0 saturated carbocycles. The second-order valence-corrected chi connectivity index (χ2v) is 19.2. The van der Waals surface area contributed by atoms with Gasteiger partial charge in [-0.3, -0.25) is 9.78 Å². The van der Waals surface area contributed by atoms with E-state index in [9.17, 15) is 4.79 Å². The number of aromatic nitrogens is 5. The number of unbranched alkanes of at least 4 members (excludes halogenated alkanes) is 6. The monoisotopic (exact) mass is 945 g/mol. The van der Waals surface area contributed by atoms with E-state index in [1.54, 1.807) is 24.5 Å².